The lowest BCUT2D eigenvalue weighted by atomic mass is 9.39. The molecule has 4 aliphatic rings. The summed E-state index contributed by atoms with van der Waals surface area (Å²) in [4.78, 5) is 51.9. The molecule has 0 saturated heterocycles. The fourth-order valence-corrected chi connectivity index (χ4v) is 9.15. The number of ether oxygens (including phenoxy) is 1. The van der Waals surface area contributed by atoms with Crippen LogP contribution in [0.2, 0.25) is 0 Å². The second-order valence-electron chi connectivity index (χ2n) is 14.7. The quantitative estimate of drug-likeness (QED) is 0.374. The highest BCUT2D eigenvalue weighted by Gasteiger charge is 2.74. The summed E-state index contributed by atoms with van der Waals surface area (Å²) in [5.41, 5.74) is -4.56. The SMILES string of the molecule is CC(=O)OC(C)(C)CCC(=O)[C@](C)(O)[C@H]1[C@H](O)C[C@@]2(C)[C@@H]3CC=C4[C@@H](C=CC(=O)C4(C)C)[C@]3(C)C(=O)C[C@]12C. The normalized spacial score (nSPS) is 40.6. The highest BCUT2D eigenvalue weighted by Crippen LogP contribution is 2.73. The number of carbonyl (C=O) groups is 4. The molecular weight excluding hydrogens is 496 g/mol. The number of hydrogen-bond donors (Lipinski definition) is 2. The number of ketones is 3. The van der Waals surface area contributed by atoms with Crippen LogP contribution in [0.25, 0.3) is 0 Å². The van der Waals surface area contributed by atoms with Crippen molar-refractivity contribution in [2.75, 3.05) is 0 Å². The van der Waals surface area contributed by atoms with Crippen molar-refractivity contribution in [3.05, 3.63) is 23.8 Å². The molecule has 0 aromatic rings. The first-order valence-electron chi connectivity index (χ1n) is 14.3. The van der Waals surface area contributed by atoms with Crippen LogP contribution in [0.1, 0.15) is 94.4 Å². The van der Waals surface area contributed by atoms with Gasteiger partial charge in [-0.15, -0.1) is 0 Å². The summed E-state index contributed by atoms with van der Waals surface area (Å²) >= 11 is 0. The summed E-state index contributed by atoms with van der Waals surface area (Å²) in [5.74, 6) is -1.96. The minimum atomic E-state index is -1.87. The molecule has 0 aromatic heterocycles. The van der Waals surface area contributed by atoms with Crippen molar-refractivity contribution in [3.8, 4) is 0 Å². The van der Waals surface area contributed by atoms with E-state index in [0.717, 1.165) is 5.57 Å². The molecule has 0 radical (unpaired) electrons. The van der Waals surface area contributed by atoms with Crippen molar-refractivity contribution in [1.82, 2.24) is 0 Å². The first-order chi connectivity index (χ1) is 17.7. The van der Waals surface area contributed by atoms with Crippen LogP contribution in [0.5, 0.6) is 0 Å². The molecule has 0 bridgehead atoms. The number of carbonyl (C=O) groups excluding carboxylic acids is 4. The van der Waals surface area contributed by atoms with E-state index in [9.17, 15) is 29.4 Å². The molecule has 2 fully saturated rings. The Hall–Kier alpha value is -2.12. The van der Waals surface area contributed by atoms with Crippen LogP contribution in [-0.4, -0.2) is 50.8 Å². The van der Waals surface area contributed by atoms with Crippen molar-refractivity contribution in [1.29, 1.82) is 0 Å². The van der Waals surface area contributed by atoms with Gasteiger partial charge in [-0.1, -0.05) is 38.5 Å². The summed E-state index contributed by atoms with van der Waals surface area (Å²) in [6.07, 6.45) is 5.96. The van der Waals surface area contributed by atoms with Gasteiger partial charge in [-0.05, 0) is 76.7 Å². The highest BCUT2D eigenvalue weighted by atomic mass is 16.6. The third kappa shape index (κ3) is 4.13. The van der Waals surface area contributed by atoms with E-state index in [2.05, 4.69) is 13.0 Å². The summed E-state index contributed by atoms with van der Waals surface area (Å²) < 4.78 is 5.32. The van der Waals surface area contributed by atoms with Crippen molar-refractivity contribution >= 4 is 23.3 Å². The molecule has 2 N–H and O–H groups in total. The summed E-state index contributed by atoms with van der Waals surface area (Å²) in [7, 11) is 0. The Morgan fingerprint density at radius 3 is 2.28 bits per heavy atom. The zero-order valence-electron chi connectivity index (χ0n) is 25.0. The Morgan fingerprint density at radius 1 is 1.08 bits per heavy atom. The fraction of sp³-hybridized carbons (Fsp3) is 0.750. The second-order valence-corrected chi connectivity index (χ2v) is 14.7. The van der Waals surface area contributed by atoms with Crippen LogP contribution in [0.15, 0.2) is 23.8 Å². The first-order valence-corrected chi connectivity index (χ1v) is 14.3. The lowest BCUT2D eigenvalue weighted by molar-refractivity contribution is -0.181. The second kappa shape index (κ2) is 8.94. The molecule has 7 nitrogen and oxygen atoms in total. The Balaban J connectivity index is 1.70. The number of hydrogen-bond acceptors (Lipinski definition) is 7. The smallest absolute Gasteiger partial charge is 0.303 e. The number of rotatable bonds is 6. The van der Waals surface area contributed by atoms with Crippen LogP contribution in [0.3, 0.4) is 0 Å². The van der Waals surface area contributed by atoms with E-state index < -0.39 is 56.6 Å². The number of allylic oxidation sites excluding steroid dienone is 4. The van der Waals surface area contributed by atoms with Gasteiger partial charge in [0.1, 0.15) is 17.0 Å². The maximum absolute atomic E-state index is 14.3. The average Bonchev–Trinajstić information content (AvgIpc) is 2.99. The van der Waals surface area contributed by atoms with Gasteiger partial charge in [-0.25, -0.2) is 0 Å². The molecule has 0 aliphatic heterocycles. The monoisotopic (exact) mass is 542 g/mol. The minimum Gasteiger partial charge on any atom is -0.460 e. The van der Waals surface area contributed by atoms with Gasteiger partial charge in [0.2, 0.25) is 0 Å². The van der Waals surface area contributed by atoms with Crippen molar-refractivity contribution in [2.45, 2.75) is 112 Å². The Kier molecular flexibility index (Phi) is 6.84. The largest absolute Gasteiger partial charge is 0.460 e. The first kappa shape index (κ1) is 29.9. The van der Waals surface area contributed by atoms with Crippen LogP contribution in [0.4, 0.5) is 0 Å². The molecular formula is C32H46O7. The van der Waals surface area contributed by atoms with Crippen molar-refractivity contribution in [2.24, 2.45) is 39.4 Å². The van der Waals surface area contributed by atoms with Crippen LogP contribution in [0, 0.1) is 39.4 Å². The summed E-state index contributed by atoms with van der Waals surface area (Å²) in [5, 5.41) is 23.3. The van der Waals surface area contributed by atoms with Crippen LogP contribution in [-0.2, 0) is 23.9 Å². The molecule has 0 heterocycles. The van der Waals surface area contributed by atoms with E-state index in [0.29, 0.717) is 12.8 Å². The Bertz CT molecular complexity index is 1170. The topological polar surface area (TPSA) is 118 Å². The molecule has 0 unspecified atom stereocenters. The predicted octanol–water partition coefficient (Wildman–Crippen LogP) is 4.53. The zero-order chi connectivity index (χ0) is 29.6. The van der Waals surface area contributed by atoms with Crippen LogP contribution < -0.4 is 0 Å². The molecule has 8 atom stereocenters. The zero-order valence-corrected chi connectivity index (χ0v) is 25.0. The maximum Gasteiger partial charge on any atom is 0.303 e. The predicted molar refractivity (Wildman–Crippen MR) is 146 cm³/mol. The van der Waals surface area contributed by atoms with Gasteiger partial charge in [-0.3, -0.25) is 19.2 Å². The Morgan fingerprint density at radius 2 is 1.69 bits per heavy atom. The number of aliphatic hydroxyl groups is 2. The van der Waals surface area contributed by atoms with Gasteiger partial charge in [0, 0.05) is 42.4 Å². The third-order valence-electron chi connectivity index (χ3n) is 11.5. The Labute approximate surface area is 232 Å². The maximum atomic E-state index is 14.3. The van der Waals surface area contributed by atoms with E-state index in [-0.39, 0.29) is 42.7 Å². The molecule has 7 heteroatoms. The third-order valence-corrected chi connectivity index (χ3v) is 11.5. The lowest BCUT2D eigenvalue weighted by Crippen LogP contribution is -2.64. The lowest BCUT2D eigenvalue weighted by Gasteiger charge is -2.63. The molecule has 4 rings (SSSR count). The fourth-order valence-electron chi connectivity index (χ4n) is 9.15. The molecule has 4 aliphatic carbocycles. The summed E-state index contributed by atoms with van der Waals surface area (Å²) in [6, 6.07) is 0. The van der Waals surface area contributed by atoms with E-state index in [1.54, 1.807) is 19.9 Å². The van der Waals surface area contributed by atoms with Gasteiger partial charge in [0.05, 0.1) is 6.10 Å². The molecule has 0 aromatic carbocycles. The van der Waals surface area contributed by atoms with Gasteiger partial charge < -0.3 is 14.9 Å². The molecule has 0 amide bonds. The molecule has 2 saturated carbocycles. The van der Waals surface area contributed by atoms with Gasteiger partial charge in [-0.2, -0.15) is 0 Å². The highest BCUT2D eigenvalue weighted by molar-refractivity contribution is 5.99. The van der Waals surface area contributed by atoms with E-state index >= 15 is 0 Å². The number of aliphatic hydroxyl groups excluding tert-OH is 1. The average molecular weight is 543 g/mol. The molecule has 216 valence electrons. The van der Waals surface area contributed by atoms with Gasteiger partial charge in [0.15, 0.2) is 11.6 Å². The van der Waals surface area contributed by atoms with Crippen LogP contribution >= 0.6 is 0 Å². The number of esters is 1. The van der Waals surface area contributed by atoms with Crippen molar-refractivity contribution < 1.29 is 34.1 Å². The number of Topliss-reactive ketones (excluding diaryl/α,β-unsaturated/α-hetero) is 2. The standard InChI is InChI=1S/C32H46O7/c1-18(33)39-27(2,3)15-14-24(36)32(9,38)26-21(34)16-29(6)22-12-10-19-20(11-13-23(35)28(19,4)5)31(22,8)25(37)17-30(26,29)7/h10-11,13,20-22,26,34,38H,12,14-17H2,1-9H3/t20-,21-,22+,26+,29+,30-,31+,32+/m1/s1. The van der Waals surface area contributed by atoms with Gasteiger partial charge in [0.25, 0.3) is 0 Å². The van der Waals surface area contributed by atoms with E-state index in [1.807, 2.05) is 33.8 Å². The molecule has 0 spiro atoms. The van der Waals surface area contributed by atoms with Gasteiger partial charge >= 0.3 is 5.97 Å². The van der Waals surface area contributed by atoms with E-state index in [4.69, 9.17) is 4.74 Å². The van der Waals surface area contributed by atoms with E-state index in [1.165, 1.54) is 13.8 Å². The molecule has 39 heavy (non-hydrogen) atoms. The number of fused-ring (bicyclic) bond motifs is 5. The summed E-state index contributed by atoms with van der Waals surface area (Å²) in [6.45, 7) is 16.1. The van der Waals surface area contributed by atoms with Crippen molar-refractivity contribution in [3.63, 3.8) is 0 Å². The minimum absolute atomic E-state index is 0.0273.